The summed E-state index contributed by atoms with van der Waals surface area (Å²) in [5, 5.41) is 2.81. The van der Waals surface area contributed by atoms with E-state index in [1.54, 1.807) is 36.4 Å². The Balaban J connectivity index is 1.79. The quantitative estimate of drug-likeness (QED) is 0.618. The highest BCUT2D eigenvalue weighted by Gasteiger charge is 2.12. The summed E-state index contributed by atoms with van der Waals surface area (Å²) in [7, 11) is 1.33. The van der Waals surface area contributed by atoms with E-state index in [2.05, 4.69) is 5.32 Å². The Labute approximate surface area is 144 Å². The van der Waals surface area contributed by atoms with E-state index in [1.807, 2.05) is 0 Å². The van der Waals surface area contributed by atoms with Gasteiger partial charge < -0.3 is 10.1 Å². The molecule has 0 aliphatic heterocycles. The Bertz CT molecular complexity index is 704. The number of rotatable bonds is 7. The van der Waals surface area contributed by atoms with Gasteiger partial charge in [0.05, 0.1) is 18.4 Å². The zero-order valence-electron chi connectivity index (χ0n) is 13.3. The first kappa shape index (κ1) is 18.0. The fourth-order valence-electron chi connectivity index (χ4n) is 2.06. The molecule has 4 nitrogen and oxygen atoms in total. The van der Waals surface area contributed by atoms with Crippen LogP contribution in [0.25, 0.3) is 0 Å². The minimum atomic E-state index is -0.421. The molecule has 0 spiro atoms. The van der Waals surface area contributed by atoms with Gasteiger partial charge in [-0.05, 0) is 36.2 Å². The van der Waals surface area contributed by atoms with Crippen LogP contribution in [0.2, 0.25) is 0 Å². The summed E-state index contributed by atoms with van der Waals surface area (Å²) in [6, 6.07) is 13.2. The van der Waals surface area contributed by atoms with Crippen LogP contribution in [0.5, 0.6) is 0 Å². The molecule has 0 aliphatic carbocycles. The average Bonchev–Trinajstić information content (AvgIpc) is 2.61. The number of methoxy groups -OCH3 is 1. The minimum absolute atomic E-state index is 0.123. The van der Waals surface area contributed by atoms with Gasteiger partial charge in [-0.1, -0.05) is 24.3 Å². The van der Waals surface area contributed by atoms with Gasteiger partial charge in [0.25, 0.3) is 0 Å². The number of carbonyl (C=O) groups excluding carboxylic acids is 2. The van der Waals surface area contributed by atoms with Crippen molar-refractivity contribution >= 4 is 23.6 Å². The van der Waals surface area contributed by atoms with Gasteiger partial charge in [-0.2, -0.15) is 0 Å². The standard InChI is InChI=1S/C18H18FNO3S/c1-23-18(22)15-4-2-3-5-16(15)24-12-17(21)20-11-10-13-6-8-14(19)9-7-13/h2-9H,10-12H2,1H3,(H,20,21). The van der Waals surface area contributed by atoms with Crippen LogP contribution < -0.4 is 5.32 Å². The maximum absolute atomic E-state index is 12.8. The molecule has 6 heteroatoms. The number of hydrogen-bond acceptors (Lipinski definition) is 4. The summed E-state index contributed by atoms with van der Waals surface area (Å²) in [5.74, 6) is -0.614. The van der Waals surface area contributed by atoms with E-state index in [0.29, 0.717) is 23.4 Å². The van der Waals surface area contributed by atoms with Crippen LogP contribution >= 0.6 is 11.8 Å². The number of hydrogen-bond donors (Lipinski definition) is 1. The van der Waals surface area contributed by atoms with Crippen LogP contribution in [0.15, 0.2) is 53.4 Å². The molecule has 1 amide bonds. The van der Waals surface area contributed by atoms with E-state index in [-0.39, 0.29) is 17.5 Å². The Kier molecular flexibility index (Phi) is 6.81. The van der Waals surface area contributed by atoms with Crippen molar-refractivity contribution < 1.29 is 18.7 Å². The highest BCUT2D eigenvalue weighted by molar-refractivity contribution is 8.00. The number of amides is 1. The highest BCUT2D eigenvalue weighted by Crippen LogP contribution is 2.23. The molecule has 2 aromatic carbocycles. The predicted molar refractivity (Wildman–Crippen MR) is 91.6 cm³/mol. The lowest BCUT2D eigenvalue weighted by atomic mass is 10.1. The van der Waals surface area contributed by atoms with Crippen molar-refractivity contribution in [2.45, 2.75) is 11.3 Å². The summed E-state index contributed by atoms with van der Waals surface area (Å²) >= 11 is 1.28. The fourth-order valence-corrected chi connectivity index (χ4v) is 2.93. The van der Waals surface area contributed by atoms with Gasteiger partial charge in [-0.15, -0.1) is 11.8 Å². The van der Waals surface area contributed by atoms with Gasteiger partial charge >= 0.3 is 5.97 Å². The average molecular weight is 347 g/mol. The van der Waals surface area contributed by atoms with Crippen molar-refractivity contribution in [1.82, 2.24) is 5.32 Å². The van der Waals surface area contributed by atoms with Crippen molar-refractivity contribution in [3.8, 4) is 0 Å². The van der Waals surface area contributed by atoms with E-state index in [0.717, 1.165) is 5.56 Å². The lowest BCUT2D eigenvalue weighted by molar-refractivity contribution is -0.118. The second-order valence-corrected chi connectivity index (χ2v) is 6.02. The van der Waals surface area contributed by atoms with Gasteiger partial charge in [-0.25, -0.2) is 9.18 Å². The Morgan fingerprint density at radius 2 is 1.83 bits per heavy atom. The molecule has 2 rings (SSSR count). The van der Waals surface area contributed by atoms with E-state index in [9.17, 15) is 14.0 Å². The molecule has 1 N–H and O–H groups in total. The summed E-state index contributed by atoms with van der Waals surface area (Å²) in [6.45, 7) is 0.476. The lowest BCUT2D eigenvalue weighted by Crippen LogP contribution is -2.27. The van der Waals surface area contributed by atoms with Crippen molar-refractivity contribution in [3.63, 3.8) is 0 Å². The van der Waals surface area contributed by atoms with Crippen LogP contribution in [-0.4, -0.2) is 31.3 Å². The number of thioether (sulfide) groups is 1. The van der Waals surface area contributed by atoms with Crippen molar-refractivity contribution in [2.24, 2.45) is 0 Å². The monoisotopic (exact) mass is 347 g/mol. The smallest absolute Gasteiger partial charge is 0.338 e. The molecule has 0 bridgehead atoms. The van der Waals surface area contributed by atoms with Gasteiger partial charge in [-0.3, -0.25) is 4.79 Å². The molecular formula is C18H18FNO3S. The molecule has 2 aromatic rings. The Morgan fingerprint density at radius 3 is 2.54 bits per heavy atom. The highest BCUT2D eigenvalue weighted by atomic mass is 32.2. The van der Waals surface area contributed by atoms with E-state index >= 15 is 0 Å². The molecule has 0 aliphatic rings. The van der Waals surface area contributed by atoms with E-state index < -0.39 is 5.97 Å². The molecule has 0 saturated heterocycles. The summed E-state index contributed by atoms with van der Waals surface area (Å²) < 4.78 is 17.5. The van der Waals surface area contributed by atoms with Crippen molar-refractivity contribution in [2.75, 3.05) is 19.4 Å². The summed E-state index contributed by atoms with van der Waals surface area (Å²) in [5.41, 5.74) is 1.41. The molecule has 0 atom stereocenters. The van der Waals surface area contributed by atoms with Crippen LogP contribution in [0.4, 0.5) is 4.39 Å². The maximum atomic E-state index is 12.8. The van der Waals surface area contributed by atoms with Gasteiger partial charge in [0.2, 0.25) is 5.91 Å². The van der Waals surface area contributed by atoms with E-state index in [1.165, 1.54) is 31.0 Å². The van der Waals surface area contributed by atoms with Crippen molar-refractivity contribution in [3.05, 3.63) is 65.5 Å². The normalized spacial score (nSPS) is 10.2. The number of nitrogens with one attached hydrogen (secondary N) is 1. The maximum Gasteiger partial charge on any atom is 0.338 e. The topological polar surface area (TPSA) is 55.4 Å². The lowest BCUT2D eigenvalue weighted by Gasteiger charge is -2.08. The van der Waals surface area contributed by atoms with Gasteiger partial charge in [0.1, 0.15) is 5.82 Å². The third-order valence-corrected chi connectivity index (χ3v) is 4.37. The zero-order valence-corrected chi connectivity index (χ0v) is 14.1. The second kappa shape index (κ2) is 9.08. The van der Waals surface area contributed by atoms with Crippen molar-refractivity contribution in [1.29, 1.82) is 0 Å². The molecule has 24 heavy (non-hydrogen) atoms. The fraction of sp³-hybridized carbons (Fsp3) is 0.222. The molecule has 0 heterocycles. The Morgan fingerprint density at radius 1 is 1.12 bits per heavy atom. The number of carbonyl (C=O) groups is 2. The number of benzene rings is 2. The zero-order chi connectivity index (χ0) is 17.4. The minimum Gasteiger partial charge on any atom is -0.465 e. The third-order valence-electron chi connectivity index (χ3n) is 3.30. The molecule has 0 fully saturated rings. The molecule has 0 unspecified atom stereocenters. The Hall–Kier alpha value is -2.34. The first-order valence-electron chi connectivity index (χ1n) is 7.41. The molecule has 0 aromatic heterocycles. The number of esters is 1. The van der Waals surface area contributed by atoms with Crippen LogP contribution in [-0.2, 0) is 16.0 Å². The first-order valence-corrected chi connectivity index (χ1v) is 8.40. The molecule has 0 radical (unpaired) electrons. The van der Waals surface area contributed by atoms with Gasteiger partial charge in [0, 0.05) is 11.4 Å². The SMILES string of the molecule is COC(=O)c1ccccc1SCC(=O)NCCc1ccc(F)cc1. The second-order valence-electron chi connectivity index (χ2n) is 5.00. The van der Waals surface area contributed by atoms with E-state index in [4.69, 9.17) is 4.74 Å². The summed E-state index contributed by atoms with van der Waals surface area (Å²) in [6.07, 6.45) is 0.634. The number of ether oxygens (including phenoxy) is 1. The van der Waals surface area contributed by atoms with Gasteiger partial charge in [0.15, 0.2) is 0 Å². The predicted octanol–water partition coefficient (Wildman–Crippen LogP) is 3.06. The molecular weight excluding hydrogens is 329 g/mol. The molecule has 126 valence electrons. The molecule has 0 saturated carbocycles. The third kappa shape index (κ3) is 5.38. The largest absolute Gasteiger partial charge is 0.465 e. The van der Waals surface area contributed by atoms with Crippen LogP contribution in [0.3, 0.4) is 0 Å². The number of halogens is 1. The van der Waals surface area contributed by atoms with Crippen LogP contribution in [0.1, 0.15) is 15.9 Å². The van der Waals surface area contributed by atoms with Crippen LogP contribution in [0, 0.1) is 5.82 Å². The first-order chi connectivity index (χ1) is 11.6. The summed E-state index contributed by atoms with van der Waals surface area (Å²) in [4.78, 5) is 24.3.